The van der Waals surface area contributed by atoms with Crippen molar-refractivity contribution in [3.8, 4) is 5.75 Å². The van der Waals surface area contributed by atoms with Crippen LogP contribution in [0.2, 0.25) is 15.1 Å². The highest BCUT2D eigenvalue weighted by molar-refractivity contribution is 6.36. The number of anilines is 1. The fourth-order valence-corrected chi connectivity index (χ4v) is 4.99. The molecular weight excluding hydrogens is 673 g/mol. The number of nitrogens with zero attached hydrogens (tertiary/aromatic N) is 2. The Kier molecular flexibility index (Phi) is 10.5. The van der Waals surface area contributed by atoms with E-state index in [2.05, 4.69) is 15.6 Å². The maximum absolute atomic E-state index is 13.6. The number of halogens is 9. The number of imidazole rings is 1. The molecule has 16 heteroatoms. The lowest BCUT2D eigenvalue weighted by Gasteiger charge is -2.17. The molecule has 0 bridgehead atoms. The number of nitrogens with one attached hydrogen (secondary N) is 2. The number of rotatable bonds is 10. The van der Waals surface area contributed by atoms with Gasteiger partial charge in [0, 0.05) is 36.8 Å². The molecule has 7 nitrogen and oxygen atoms in total. The van der Waals surface area contributed by atoms with E-state index in [1.54, 1.807) is 11.6 Å². The van der Waals surface area contributed by atoms with E-state index in [0.29, 0.717) is 22.5 Å². The summed E-state index contributed by atoms with van der Waals surface area (Å²) in [6.07, 6.45) is -7.54. The molecule has 0 saturated heterocycles. The summed E-state index contributed by atoms with van der Waals surface area (Å²) in [6, 6.07) is 9.11. The molecule has 0 radical (unpaired) electrons. The van der Waals surface area contributed by atoms with Crippen molar-refractivity contribution >= 4 is 63.3 Å². The minimum absolute atomic E-state index is 0.00637. The van der Waals surface area contributed by atoms with Crippen molar-refractivity contribution in [3.63, 3.8) is 0 Å². The molecule has 4 aromatic rings. The van der Waals surface area contributed by atoms with Crippen LogP contribution < -0.4 is 15.4 Å². The van der Waals surface area contributed by atoms with Crippen LogP contribution in [0, 0.1) is 11.7 Å². The number of benzene rings is 3. The Morgan fingerprint density at radius 3 is 2.40 bits per heavy atom. The van der Waals surface area contributed by atoms with Crippen molar-refractivity contribution in [3.05, 3.63) is 85.9 Å². The summed E-state index contributed by atoms with van der Waals surface area (Å²) >= 11 is 18.7. The number of carbonyl (C=O) groups excluding carboxylic acids is 2. The number of hydrogen-bond donors (Lipinski definition) is 2. The van der Waals surface area contributed by atoms with Gasteiger partial charge in [0.15, 0.2) is 0 Å². The van der Waals surface area contributed by atoms with Crippen molar-refractivity contribution in [1.29, 1.82) is 0 Å². The van der Waals surface area contributed by atoms with Gasteiger partial charge in [-0.1, -0.05) is 40.9 Å². The Morgan fingerprint density at radius 1 is 1.04 bits per heavy atom. The smallest absolute Gasteiger partial charge is 0.400 e. The average molecular weight is 696 g/mol. The summed E-state index contributed by atoms with van der Waals surface area (Å²) in [5.74, 6) is -4.73. The fourth-order valence-electron chi connectivity index (χ4n) is 4.24. The van der Waals surface area contributed by atoms with Crippen LogP contribution in [0.1, 0.15) is 34.2 Å². The molecule has 240 valence electrons. The Labute approximate surface area is 267 Å². The highest BCUT2D eigenvalue weighted by Gasteiger charge is 2.41. The number of alkyl halides is 5. The van der Waals surface area contributed by atoms with E-state index in [4.69, 9.17) is 39.5 Å². The maximum atomic E-state index is 13.6. The molecule has 3 aromatic carbocycles. The van der Waals surface area contributed by atoms with Gasteiger partial charge in [0.25, 0.3) is 12.3 Å². The normalized spacial score (nSPS) is 12.4. The molecule has 0 aliphatic rings. The second-order valence-electron chi connectivity index (χ2n) is 9.87. The van der Waals surface area contributed by atoms with Gasteiger partial charge < -0.3 is 19.9 Å². The first-order valence-electron chi connectivity index (χ1n) is 13.0. The predicted octanol–water partition coefficient (Wildman–Crippen LogP) is 7.97. The van der Waals surface area contributed by atoms with Gasteiger partial charge >= 0.3 is 6.18 Å². The fraction of sp³-hybridized carbons (Fsp3) is 0.276. The third-order valence-corrected chi connectivity index (χ3v) is 7.91. The number of fused-ring (bicyclic) bond motifs is 1. The van der Waals surface area contributed by atoms with Crippen LogP contribution in [0.4, 0.5) is 32.0 Å². The Morgan fingerprint density at radius 2 is 1.76 bits per heavy atom. The molecule has 2 N–H and O–H groups in total. The zero-order valence-corrected chi connectivity index (χ0v) is 25.6. The number of amides is 2. The molecular formula is C29H23Cl3F6N4O3. The van der Waals surface area contributed by atoms with Crippen LogP contribution in [0.25, 0.3) is 11.0 Å². The van der Waals surface area contributed by atoms with E-state index in [1.807, 2.05) is 0 Å². The molecule has 1 unspecified atom stereocenters. The first kappa shape index (κ1) is 34.2. The highest BCUT2D eigenvalue weighted by Crippen LogP contribution is 2.33. The van der Waals surface area contributed by atoms with Crippen LogP contribution in [0.5, 0.6) is 5.75 Å². The summed E-state index contributed by atoms with van der Waals surface area (Å²) in [7, 11) is 1.62. The molecule has 0 spiro atoms. The number of ether oxygens (including phenoxy) is 1. The standard InChI is InChI=1S/C29H23Cl3F6N4O3/c1-13(29(36,37)38)27(43)39-11-14-3-5-18(30)16(26(14)32)9-25-41-21-8-17(23(45-12-24(34)35)10-22(21)42(25)2)28(44)40-15-4-6-20(33)19(31)7-15/h3-8,10,13,24H,9,11-12H2,1-2H3,(H,39,43)(H,40,44). The number of aromatic nitrogens is 2. The Balaban J connectivity index is 1.66. The van der Waals surface area contributed by atoms with Gasteiger partial charge in [-0.2, -0.15) is 13.2 Å². The van der Waals surface area contributed by atoms with Crippen LogP contribution in [0.15, 0.2) is 42.5 Å². The molecule has 1 atom stereocenters. The van der Waals surface area contributed by atoms with Crippen LogP contribution in [-0.2, 0) is 24.8 Å². The van der Waals surface area contributed by atoms with Crippen molar-refractivity contribution in [2.45, 2.75) is 32.5 Å². The van der Waals surface area contributed by atoms with Crippen molar-refractivity contribution < 1.29 is 40.7 Å². The molecule has 4 rings (SSSR count). The Bertz CT molecular complexity index is 1760. The lowest BCUT2D eigenvalue weighted by atomic mass is 10.1. The first-order chi connectivity index (χ1) is 21.1. The van der Waals surface area contributed by atoms with Gasteiger partial charge in [0.05, 0.1) is 26.6 Å². The number of hydrogen-bond acceptors (Lipinski definition) is 4. The maximum Gasteiger partial charge on any atom is 0.400 e. The zero-order valence-electron chi connectivity index (χ0n) is 23.3. The molecule has 0 aliphatic carbocycles. The van der Waals surface area contributed by atoms with E-state index in [-0.39, 0.29) is 50.6 Å². The lowest BCUT2D eigenvalue weighted by Crippen LogP contribution is -2.37. The molecule has 0 saturated carbocycles. The predicted molar refractivity (Wildman–Crippen MR) is 158 cm³/mol. The monoisotopic (exact) mass is 694 g/mol. The largest absolute Gasteiger partial charge is 0.487 e. The van der Waals surface area contributed by atoms with Gasteiger partial charge in [0.1, 0.15) is 29.9 Å². The summed E-state index contributed by atoms with van der Waals surface area (Å²) in [5.41, 5.74) is 1.33. The topological polar surface area (TPSA) is 85.2 Å². The lowest BCUT2D eigenvalue weighted by molar-refractivity contribution is -0.178. The van der Waals surface area contributed by atoms with Gasteiger partial charge in [-0.15, -0.1) is 0 Å². The minimum Gasteiger partial charge on any atom is -0.487 e. The Hall–Kier alpha value is -3.68. The third-order valence-electron chi connectivity index (χ3n) is 6.80. The van der Waals surface area contributed by atoms with E-state index in [9.17, 15) is 35.9 Å². The van der Waals surface area contributed by atoms with Crippen LogP contribution in [-0.4, -0.2) is 40.6 Å². The van der Waals surface area contributed by atoms with Gasteiger partial charge in [0.2, 0.25) is 5.91 Å². The van der Waals surface area contributed by atoms with Crippen LogP contribution in [0.3, 0.4) is 0 Å². The van der Waals surface area contributed by atoms with Crippen molar-refractivity contribution in [2.24, 2.45) is 13.0 Å². The summed E-state index contributed by atoms with van der Waals surface area (Å²) < 4.78 is 85.1. The van der Waals surface area contributed by atoms with E-state index < -0.39 is 42.8 Å². The summed E-state index contributed by atoms with van der Waals surface area (Å²) in [5, 5.41) is 4.79. The first-order valence-corrected chi connectivity index (χ1v) is 14.2. The van der Waals surface area contributed by atoms with Gasteiger partial charge in [-0.25, -0.2) is 18.2 Å². The molecule has 1 aromatic heterocycles. The van der Waals surface area contributed by atoms with E-state index in [1.165, 1.54) is 36.4 Å². The highest BCUT2D eigenvalue weighted by atomic mass is 35.5. The van der Waals surface area contributed by atoms with Crippen molar-refractivity contribution in [1.82, 2.24) is 14.9 Å². The van der Waals surface area contributed by atoms with E-state index >= 15 is 0 Å². The minimum atomic E-state index is -4.71. The van der Waals surface area contributed by atoms with Crippen LogP contribution >= 0.6 is 34.8 Å². The van der Waals surface area contributed by atoms with Crippen molar-refractivity contribution in [2.75, 3.05) is 11.9 Å². The SMILES string of the molecule is CC(C(=O)NCc1ccc(Cl)c(Cc2nc3cc(C(=O)Nc4ccc(F)c(Cl)c4)c(OCC(F)F)cc3n2C)c1Cl)C(F)(F)F. The quantitative estimate of drug-likeness (QED) is 0.165. The second-order valence-corrected chi connectivity index (χ2v) is 11.1. The summed E-state index contributed by atoms with van der Waals surface area (Å²) in [6.45, 7) is -0.560. The molecule has 2 amide bonds. The molecule has 0 fully saturated rings. The number of aryl methyl sites for hydroxylation is 1. The van der Waals surface area contributed by atoms with Gasteiger partial charge in [-0.3, -0.25) is 9.59 Å². The molecule has 1 heterocycles. The number of carbonyl (C=O) groups is 2. The summed E-state index contributed by atoms with van der Waals surface area (Å²) in [4.78, 5) is 29.7. The van der Waals surface area contributed by atoms with E-state index in [0.717, 1.165) is 13.0 Å². The van der Waals surface area contributed by atoms with Gasteiger partial charge in [-0.05, 0) is 48.4 Å². The second kappa shape index (κ2) is 13.8. The zero-order chi connectivity index (χ0) is 33.2. The average Bonchev–Trinajstić information content (AvgIpc) is 3.27. The third kappa shape index (κ3) is 7.95. The molecule has 0 aliphatic heterocycles. The molecule has 45 heavy (non-hydrogen) atoms.